The van der Waals surface area contributed by atoms with E-state index in [9.17, 15) is 14.4 Å². The maximum absolute atomic E-state index is 12.1. The van der Waals surface area contributed by atoms with Crippen LogP contribution in [0.15, 0.2) is 30.5 Å². The molecule has 0 bridgehead atoms. The Morgan fingerprint density at radius 1 is 1.23 bits per heavy atom. The zero-order chi connectivity index (χ0) is 15.7. The first-order chi connectivity index (χ1) is 10.6. The van der Waals surface area contributed by atoms with E-state index in [2.05, 4.69) is 10.3 Å². The zero-order valence-corrected chi connectivity index (χ0v) is 12.6. The van der Waals surface area contributed by atoms with E-state index in [1.807, 2.05) is 6.92 Å². The third-order valence-electron chi connectivity index (χ3n) is 3.34. The highest BCUT2D eigenvalue weighted by Crippen LogP contribution is 2.21. The van der Waals surface area contributed by atoms with E-state index >= 15 is 0 Å². The Hall–Kier alpha value is -2.54. The predicted octanol–water partition coefficient (Wildman–Crippen LogP) is 1.48. The van der Waals surface area contributed by atoms with Gasteiger partial charge in [0.05, 0.1) is 22.3 Å². The number of carbonyl (C=O) groups is 3. The van der Waals surface area contributed by atoms with E-state index in [4.69, 9.17) is 0 Å². The van der Waals surface area contributed by atoms with Crippen LogP contribution in [0.3, 0.4) is 0 Å². The highest BCUT2D eigenvalue weighted by atomic mass is 32.1. The molecule has 0 radical (unpaired) electrons. The summed E-state index contributed by atoms with van der Waals surface area (Å²) in [5.41, 5.74) is 0.828. The number of nitrogens with one attached hydrogen (secondary N) is 1. The molecule has 0 atom stereocenters. The third kappa shape index (κ3) is 2.50. The Balaban J connectivity index is 1.60. The molecule has 1 aromatic carbocycles. The SMILES string of the molecule is Cc1ncc(C(=O)NCCN2C(=O)c3ccccc3C2=O)s1. The number of imide groups is 1. The van der Waals surface area contributed by atoms with E-state index in [0.29, 0.717) is 16.0 Å². The number of amides is 3. The molecule has 2 aromatic rings. The van der Waals surface area contributed by atoms with Gasteiger partial charge in [0.15, 0.2) is 0 Å². The van der Waals surface area contributed by atoms with Gasteiger partial charge in [-0.1, -0.05) is 12.1 Å². The monoisotopic (exact) mass is 315 g/mol. The molecule has 0 aliphatic carbocycles. The molecule has 1 N–H and O–H groups in total. The van der Waals surface area contributed by atoms with Crippen LogP contribution >= 0.6 is 11.3 Å². The highest BCUT2D eigenvalue weighted by Gasteiger charge is 2.34. The molecule has 2 heterocycles. The van der Waals surface area contributed by atoms with E-state index in [1.165, 1.54) is 17.5 Å². The van der Waals surface area contributed by atoms with Gasteiger partial charge in [-0.15, -0.1) is 11.3 Å². The van der Waals surface area contributed by atoms with Crippen molar-refractivity contribution in [2.75, 3.05) is 13.1 Å². The van der Waals surface area contributed by atoms with Crippen LogP contribution in [-0.4, -0.2) is 40.7 Å². The van der Waals surface area contributed by atoms with Crippen LogP contribution in [0, 0.1) is 6.92 Å². The minimum atomic E-state index is -0.316. The summed E-state index contributed by atoms with van der Waals surface area (Å²) < 4.78 is 0. The summed E-state index contributed by atoms with van der Waals surface area (Å²) in [5.74, 6) is -0.880. The number of fused-ring (bicyclic) bond motifs is 1. The van der Waals surface area contributed by atoms with Gasteiger partial charge in [-0.25, -0.2) is 4.98 Å². The first-order valence-electron chi connectivity index (χ1n) is 6.74. The molecule has 6 nitrogen and oxygen atoms in total. The fraction of sp³-hybridized carbons (Fsp3) is 0.200. The lowest BCUT2D eigenvalue weighted by molar-refractivity contribution is 0.0650. The van der Waals surface area contributed by atoms with Crippen molar-refractivity contribution in [2.24, 2.45) is 0 Å². The van der Waals surface area contributed by atoms with Crippen molar-refractivity contribution < 1.29 is 14.4 Å². The fourth-order valence-corrected chi connectivity index (χ4v) is 2.97. The zero-order valence-electron chi connectivity index (χ0n) is 11.8. The number of hydrogen-bond acceptors (Lipinski definition) is 5. The Morgan fingerprint density at radius 2 is 1.86 bits per heavy atom. The summed E-state index contributed by atoms with van der Waals surface area (Å²) in [6.45, 7) is 2.18. The van der Waals surface area contributed by atoms with E-state index in [1.54, 1.807) is 24.3 Å². The molecule has 1 aromatic heterocycles. The summed E-state index contributed by atoms with van der Waals surface area (Å²) >= 11 is 1.30. The summed E-state index contributed by atoms with van der Waals surface area (Å²) in [6.07, 6.45) is 1.51. The molecule has 112 valence electrons. The number of nitrogens with zero attached hydrogens (tertiary/aromatic N) is 2. The number of carbonyl (C=O) groups excluding carboxylic acids is 3. The van der Waals surface area contributed by atoms with Crippen molar-refractivity contribution in [2.45, 2.75) is 6.92 Å². The van der Waals surface area contributed by atoms with Crippen LogP contribution in [0.2, 0.25) is 0 Å². The van der Waals surface area contributed by atoms with Gasteiger partial charge in [-0.2, -0.15) is 0 Å². The predicted molar refractivity (Wildman–Crippen MR) is 81.0 cm³/mol. The van der Waals surface area contributed by atoms with Crippen LogP contribution in [0.4, 0.5) is 0 Å². The smallest absolute Gasteiger partial charge is 0.263 e. The van der Waals surface area contributed by atoms with E-state index < -0.39 is 0 Å². The van der Waals surface area contributed by atoms with Crippen LogP contribution in [-0.2, 0) is 0 Å². The number of aromatic nitrogens is 1. The maximum atomic E-state index is 12.1. The lowest BCUT2D eigenvalue weighted by Crippen LogP contribution is -2.38. The summed E-state index contributed by atoms with van der Waals surface area (Å²) in [6, 6.07) is 6.71. The average molecular weight is 315 g/mol. The minimum Gasteiger partial charge on any atom is -0.349 e. The lowest BCUT2D eigenvalue weighted by Gasteiger charge is -2.13. The van der Waals surface area contributed by atoms with Crippen molar-refractivity contribution in [1.29, 1.82) is 0 Å². The first-order valence-corrected chi connectivity index (χ1v) is 7.55. The van der Waals surface area contributed by atoms with Gasteiger partial charge in [-0.3, -0.25) is 19.3 Å². The summed E-state index contributed by atoms with van der Waals surface area (Å²) in [4.78, 5) is 41.8. The molecular weight excluding hydrogens is 302 g/mol. The van der Waals surface area contributed by atoms with Gasteiger partial charge >= 0.3 is 0 Å². The van der Waals surface area contributed by atoms with Crippen molar-refractivity contribution in [1.82, 2.24) is 15.2 Å². The molecule has 1 aliphatic heterocycles. The molecule has 7 heteroatoms. The summed E-state index contributed by atoms with van der Waals surface area (Å²) in [5, 5.41) is 3.50. The molecule has 3 amide bonds. The van der Waals surface area contributed by atoms with Gasteiger partial charge in [0.2, 0.25) is 0 Å². The lowest BCUT2D eigenvalue weighted by atomic mass is 10.1. The number of aryl methyl sites for hydroxylation is 1. The van der Waals surface area contributed by atoms with Crippen molar-refractivity contribution in [3.63, 3.8) is 0 Å². The Morgan fingerprint density at radius 3 is 2.41 bits per heavy atom. The Kier molecular flexibility index (Phi) is 3.72. The number of hydrogen-bond donors (Lipinski definition) is 1. The molecule has 1 aliphatic rings. The second-order valence-electron chi connectivity index (χ2n) is 4.81. The third-order valence-corrected chi connectivity index (χ3v) is 4.26. The average Bonchev–Trinajstić information content (AvgIpc) is 3.05. The van der Waals surface area contributed by atoms with E-state index in [-0.39, 0.29) is 30.8 Å². The molecule has 3 rings (SSSR count). The van der Waals surface area contributed by atoms with Gasteiger partial charge in [0.25, 0.3) is 17.7 Å². The van der Waals surface area contributed by atoms with E-state index in [0.717, 1.165) is 9.91 Å². The molecule has 0 saturated carbocycles. The largest absolute Gasteiger partial charge is 0.349 e. The van der Waals surface area contributed by atoms with Crippen LogP contribution in [0.1, 0.15) is 35.4 Å². The minimum absolute atomic E-state index is 0.149. The van der Waals surface area contributed by atoms with Crippen molar-refractivity contribution in [3.8, 4) is 0 Å². The molecule has 0 fully saturated rings. The van der Waals surface area contributed by atoms with Gasteiger partial charge < -0.3 is 5.32 Å². The molecule has 0 spiro atoms. The first kappa shape index (κ1) is 14.4. The van der Waals surface area contributed by atoms with Gasteiger partial charge in [0, 0.05) is 13.1 Å². The Labute approximate surface area is 130 Å². The molecule has 0 unspecified atom stereocenters. The molecule has 22 heavy (non-hydrogen) atoms. The quantitative estimate of drug-likeness (QED) is 0.867. The van der Waals surface area contributed by atoms with Crippen molar-refractivity contribution >= 4 is 29.1 Å². The molecule has 0 saturated heterocycles. The number of rotatable bonds is 4. The van der Waals surface area contributed by atoms with Gasteiger partial charge in [-0.05, 0) is 19.1 Å². The topological polar surface area (TPSA) is 79.4 Å². The van der Waals surface area contributed by atoms with Crippen LogP contribution in [0.25, 0.3) is 0 Å². The molecular formula is C15H13N3O3S. The summed E-state index contributed by atoms with van der Waals surface area (Å²) in [7, 11) is 0. The number of benzene rings is 1. The second-order valence-corrected chi connectivity index (χ2v) is 6.04. The van der Waals surface area contributed by atoms with Gasteiger partial charge in [0.1, 0.15) is 4.88 Å². The standard InChI is InChI=1S/C15H13N3O3S/c1-9-17-8-12(22-9)13(19)16-6-7-18-14(20)10-4-2-3-5-11(10)15(18)21/h2-5,8H,6-7H2,1H3,(H,16,19). The second kappa shape index (κ2) is 5.69. The van der Waals surface area contributed by atoms with Crippen LogP contribution in [0.5, 0.6) is 0 Å². The highest BCUT2D eigenvalue weighted by molar-refractivity contribution is 7.13. The van der Waals surface area contributed by atoms with Crippen LogP contribution < -0.4 is 5.32 Å². The normalized spacial score (nSPS) is 13.4. The number of thiazole rings is 1. The maximum Gasteiger partial charge on any atom is 0.263 e. The fourth-order valence-electron chi connectivity index (χ4n) is 2.28. The van der Waals surface area contributed by atoms with Crippen molar-refractivity contribution in [3.05, 3.63) is 51.5 Å². The Bertz CT molecular complexity index is 734.